The van der Waals surface area contributed by atoms with Gasteiger partial charge >= 0.3 is 5.97 Å². The zero-order chi connectivity index (χ0) is 25.1. The van der Waals surface area contributed by atoms with Gasteiger partial charge in [0.2, 0.25) is 5.95 Å². The predicted octanol–water partition coefficient (Wildman–Crippen LogP) is 4.64. The Morgan fingerprint density at radius 3 is 2.58 bits per heavy atom. The molecule has 1 saturated heterocycles. The van der Waals surface area contributed by atoms with Gasteiger partial charge in [-0.25, -0.2) is 10.1 Å². The molecule has 1 atom stereocenters. The van der Waals surface area contributed by atoms with Crippen LogP contribution in [-0.2, 0) is 4.79 Å². The van der Waals surface area contributed by atoms with Gasteiger partial charge in [0, 0.05) is 25.2 Å². The maximum atomic E-state index is 12.7. The summed E-state index contributed by atoms with van der Waals surface area (Å²) in [6, 6.07) is 0. The summed E-state index contributed by atoms with van der Waals surface area (Å²) in [5, 5.41) is 19.4. The Kier molecular flexibility index (Phi) is 7.07. The number of hydrogen-bond acceptors (Lipinski definition) is 7. The lowest BCUT2D eigenvalue weighted by Crippen LogP contribution is -2.31. The highest BCUT2D eigenvalue weighted by Gasteiger charge is 2.36. The minimum atomic E-state index is -0.688. The van der Waals surface area contributed by atoms with Crippen LogP contribution in [0.15, 0.2) is 34.9 Å². The van der Waals surface area contributed by atoms with Crippen molar-refractivity contribution in [1.82, 2.24) is 20.2 Å². The van der Waals surface area contributed by atoms with E-state index in [4.69, 9.17) is 10.1 Å². The first-order valence-corrected chi connectivity index (χ1v) is 13.3. The van der Waals surface area contributed by atoms with Gasteiger partial charge < -0.3 is 15.3 Å². The summed E-state index contributed by atoms with van der Waals surface area (Å²) in [5.74, 6) is 1.31. The van der Waals surface area contributed by atoms with Crippen LogP contribution in [0.4, 0.5) is 11.8 Å². The lowest BCUT2D eigenvalue weighted by atomic mass is 9.65. The average Bonchev–Trinajstić information content (AvgIpc) is 3.15. The van der Waals surface area contributed by atoms with Crippen LogP contribution >= 0.6 is 0 Å². The maximum absolute atomic E-state index is 12.7. The number of nitrogens with zero attached hydrogens (tertiary/aromatic N) is 4. The molecule has 3 N–H and O–H groups in total. The Bertz CT molecular complexity index is 1220. The van der Waals surface area contributed by atoms with E-state index in [-0.39, 0.29) is 17.4 Å². The lowest BCUT2D eigenvalue weighted by Gasteiger charge is -2.40. The molecule has 1 aliphatic heterocycles. The van der Waals surface area contributed by atoms with E-state index in [2.05, 4.69) is 50.5 Å². The molecule has 9 nitrogen and oxygen atoms in total. The van der Waals surface area contributed by atoms with E-state index >= 15 is 0 Å². The Hall–Kier alpha value is -3.23. The number of rotatable bonds is 6. The first kappa shape index (κ1) is 24.5. The Balaban J connectivity index is 1.34. The van der Waals surface area contributed by atoms with Crippen molar-refractivity contribution in [1.29, 1.82) is 0 Å². The van der Waals surface area contributed by atoms with E-state index in [0.717, 1.165) is 63.7 Å². The number of aromatic amines is 1. The Morgan fingerprint density at radius 1 is 1.17 bits per heavy atom. The summed E-state index contributed by atoms with van der Waals surface area (Å²) in [7, 11) is 0. The molecule has 1 unspecified atom stereocenters. The summed E-state index contributed by atoms with van der Waals surface area (Å²) in [6.07, 6.45) is 18.1. The van der Waals surface area contributed by atoms with Gasteiger partial charge in [-0.05, 0) is 68.3 Å². The van der Waals surface area contributed by atoms with Crippen molar-refractivity contribution in [3.8, 4) is 0 Å². The van der Waals surface area contributed by atoms with E-state index < -0.39 is 5.97 Å². The second kappa shape index (κ2) is 10.4. The number of carboxylic acids is 1. The molecule has 0 aromatic carbocycles. The summed E-state index contributed by atoms with van der Waals surface area (Å²) in [4.78, 5) is 35.4. The number of carboxylic acid groups (broad SMARTS) is 1. The maximum Gasteiger partial charge on any atom is 0.303 e. The molecule has 192 valence electrons. The number of aromatic nitrogens is 4. The molecular weight excluding hydrogens is 456 g/mol. The molecule has 0 spiro atoms. The zero-order valence-corrected chi connectivity index (χ0v) is 21.0. The van der Waals surface area contributed by atoms with Crippen molar-refractivity contribution < 1.29 is 9.90 Å². The Labute approximate surface area is 211 Å². The summed E-state index contributed by atoms with van der Waals surface area (Å²) in [5.41, 5.74) is 1.20. The highest BCUT2D eigenvalue weighted by molar-refractivity contribution is 5.89. The molecular formula is C27H36N6O3. The van der Waals surface area contributed by atoms with Gasteiger partial charge in [-0.2, -0.15) is 10.1 Å². The summed E-state index contributed by atoms with van der Waals surface area (Å²) in [6.45, 7) is 4.13. The van der Waals surface area contributed by atoms with Crippen molar-refractivity contribution in [2.75, 3.05) is 23.3 Å². The van der Waals surface area contributed by atoms with Crippen molar-refractivity contribution in [2.24, 2.45) is 17.3 Å². The van der Waals surface area contributed by atoms with Crippen LogP contribution in [0.5, 0.6) is 0 Å². The van der Waals surface area contributed by atoms with Crippen LogP contribution in [0.1, 0.15) is 71.1 Å². The highest BCUT2D eigenvalue weighted by atomic mass is 16.4. The quantitative estimate of drug-likeness (QED) is 0.533. The van der Waals surface area contributed by atoms with Gasteiger partial charge in [0.1, 0.15) is 16.7 Å². The third-order valence-corrected chi connectivity index (χ3v) is 8.30. The first-order chi connectivity index (χ1) is 17.4. The number of hydrogen-bond donors (Lipinski definition) is 3. The molecule has 0 bridgehead atoms. The molecule has 2 aromatic heterocycles. The van der Waals surface area contributed by atoms with Crippen LogP contribution in [0.2, 0.25) is 0 Å². The second-order valence-corrected chi connectivity index (χ2v) is 10.9. The van der Waals surface area contributed by atoms with E-state index in [0.29, 0.717) is 34.5 Å². The van der Waals surface area contributed by atoms with Gasteiger partial charge in [-0.3, -0.25) is 9.59 Å². The fourth-order valence-corrected chi connectivity index (χ4v) is 6.04. The van der Waals surface area contributed by atoms with Crippen molar-refractivity contribution in [2.45, 2.75) is 71.1 Å². The second-order valence-electron chi connectivity index (χ2n) is 10.9. The molecule has 3 heterocycles. The fourth-order valence-electron chi connectivity index (χ4n) is 6.04. The minimum Gasteiger partial charge on any atom is -0.481 e. The molecule has 3 aliphatic rings. The van der Waals surface area contributed by atoms with Crippen LogP contribution in [-0.4, -0.2) is 44.3 Å². The molecule has 2 aromatic rings. The van der Waals surface area contributed by atoms with Crippen molar-refractivity contribution in [3.63, 3.8) is 0 Å². The van der Waals surface area contributed by atoms with E-state index in [1.54, 1.807) is 6.20 Å². The number of allylic oxidation sites excluding steroid dienone is 3. The SMILES string of the molecule is CC1([C@H]2CC[C@@H](CC(=O)O)CC2)C=CC(Nc2nc(N3CCCCCC3)nc3cn[nH]c(=O)c23)=CC1. The van der Waals surface area contributed by atoms with Gasteiger partial charge in [-0.1, -0.05) is 31.9 Å². The number of H-pyrrole nitrogens is 1. The smallest absolute Gasteiger partial charge is 0.303 e. The number of anilines is 2. The van der Waals surface area contributed by atoms with Crippen molar-refractivity contribution >= 4 is 28.6 Å². The van der Waals surface area contributed by atoms with Crippen LogP contribution < -0.4 is 15.8 Å². The van der Waals surface area contributed by atoms with Crippen molar-refractivity contribution in [3.05, 3.63) is 40.5 Å². The molecule has 0 amide bonds. The van der Waals surface area contributed by atoms with E-state index in [1.807, 2.05) is 0 Å². The minimum absolute atomic E-state index is 0.0473. The highest BCUT2D eigenvalue weighted by Crippen LogP contribution is 2.46. The average molecular weight is 493 g/mol. The lowest BCUT2D eigenvalue weighted by molar-refractivity contribution is -0.138. The first-order valence-electron chi connectivity index (χ1n) is 13.3. The monoisotopic (exact) mass is 492 g/mol. The zero-order valence-electron chi connectivity index (χ0n) is 21.0. The topological polar surface area (TPSA) is 124 Å². The molecule has 9 heteroatoms. The standard InChI is InChI=1S/C27H36N6O3/c1-27(19-8-6-18(7-9-19)16-22(34)35)12-10-20(11-13-27)29-24-23-21(17-28-32-25(23)36)30-26(31-24)33-14-4-2-3-5-15-33/h10-12,17-19H,2-9,13-16H2,1H3,(H,32,36)(H,34,35)(H,29,30,31)/t18-,19+,27?. The number of nitrogens with one attached hydrogen (secondary N) is 2. The molecule has 0 radical (unpaired) electrons. The normalized spacial score (nSPS) is 26.9. The number of aliphatic carboxylic acids is 1. The van der Waals surface area contributed by atoms with Gasteiger partial charge in [0.15, 0.2) is 0 Å². The van der Waals surface area contributed by atoms with Gasteiger partial charge in [-0.15, -0.1) is 0 Å². The molecule has 2 fully saturated rings. The summed E-state index contributed by atoms with van der Waals surface area (Å²) < 4.78 is 0. The van der Waals surface area contributed by atoms with Crippen LogP contribution in [0.3, 0.4) is 0 Å². The fraction of sp³-hybridized carbons (Fsp3) is 0.593. The van der Waals surface area contributed by atoms with Crippen LogP contribution in [0.25, 0.3) is 10.9 Å². The van der Waals surface area contributed by atoms with Crippen LogP contribution in [0, 0.1) is 17.3 Å². The third kappa shape index (κ3) is 5.29. The molecule has 5 rings (SSSR count). The van der Waals surface area contributed by atoms with Gasteiger partial charge in [0.25, 0.3) is 5.56 Å². The predicted molar refractivity (Wildman–Crippen MR) is 140 cm³/mol. The summed E-state index contributed by atoms with van der Waals surface area (Å²) >= 11 is 0. The molecule has 36 heavy (non-hydrogen) atoms. The van der Waals surface area contributed by atoms with E-state index in [9.17, 15) is 9.59 Å². The third-order valence-electron chi connectivity index (χ3n) is 8.30. The molecule has 1 saturated carbocycles. The number of fused-ring (bicyclic) bond motifs is 1. The van der Waals surface area contributed by atoms with E-state index in [1.165, 1.54) is 12.8 Å². The van der Waals surface area contributed by atoms with Gasteiger partial charge in [0.05, 0.1) is 6.20 Å². The largest absolute Gasteiger partial charge is 0.481 e. The Morgan fingerprint density at radius 2 is 1.92 bits per heavy atom. The number of carbonyl (C=O) groups is 1. The molecule has 2 aliphatic carbocycles.